The lowest BCUT2D eigenvalue weighted by molar-refractivity contribution is 0.0946. The third-order valence-corrected chi connectivity index (χ3v) is 2.70. The number of hydrazone groups is 1. The van der Waals surface area contributed by atoms with Gasteiger partial charge >= 0.3 is 0 Å². The minimum absolute atomic E-state index is 0.166. The zero-order chi connectivity index (χ0) is 10.3. The minimum atomic E-state index is -0.166. The van der Waals surface area contributed by atoms with Gasteiger partial charge in [0.2, 0.25) is 0 Å². The van der Waals surface area contributed by atoms with E-state index in [0.29, 0.717) is 12.2 Å². The Hall–Kier alpha value is -1.69. The summed E-state index contributed by atoms with van der Waals surface area (Å²) in [6.07, 6.45) is 2.54. The quantitative estimate of drug-likeness (QED) is 0.586. The predicted molar refractivity (Wildman–Crippen MR) is 53.6 cm³/mol. The van der Waals surface area contributed by atoms with E-state index >= 15 is 0 Å². The van der Waals surface area contributed by atoms with Crippen LogP contribution in [0, 0.1) is 0 Å². The number of carbonyl (C=O) groups excluding carboxylic acids is 1. The van der Waals surface area contributed by atoms with Gasteiger partial charge in [-0.2, -0.15) is 10.2 Å². The molecule has 1 aromatic rings. The van der Waals surface area contributed by atoms with Crippen LogP contribution in [0.1, 0.15) is 21.7 Å². The van der Waals surface area contributed by atoms with Crippen molar-refractivity contribution < 1.29 is 4.79 Å². The molecule has 0 aliphatic carbocycles. The molecule has 0 unspecified atom stereocenters. The predicted octanol–water partition coefficient (Wildman–Crippen LogP) is -0.742. The molecule has 15 heavy (non-hydrogen) atoms. The average Bonchev–Trinajstić information content (AvgIpc) is 2.53. The van der Waals surface area contributed by atoms with Crippen molar-refractivity contribution in [3.05, 3.63) is 17.0 Å². The Morgan fingerprint density at radius 1 is 1.47 bits per heavy atom. The van der Waals surface area contributed by atoms with Gasteiger partial charge in [-0.15, -0.1) is 0 Å². The first-order valence-corrected chi connectivity index (χ1v) is 4.97. The molecule has 3 rings (SSSR count). The van der Waals surface area contributed by atoms with Crippen molar-refractivity contribution in [3.8, 4) is 0 Å². The normalized spacial score (nSPS) is 19.1. The highest BCUT2D eigenvalue weighted by Gasteiger charge is 2.25. The van der Waals surface area contributed by atoms with E-state index in [1.807, 2.05) is 0 Å². The van der Waals surface area contributed by atoms with Gasteiger partial charge in [-0.05, 0) is 0 Å². The summed E-state index contributed by atoms with van der Waals surface area (Å²) in [6, 6.07) is 0. The van der Waals surface area contributed by atoms with Crippen LogP contribution in [0.4, 0.5) is 0 Å². The summed E-state index contributed by atoms with van der Waals surface area (Å²) in [5.41, 5.74) is 5.18. The first kappa shape index (κ1) is 8.60. The largest absolute Gasteiger partial charge is 0.312 e. The molecule has 0 fully saturated rings. The number of nitrogens with one attached hydrogen (secondary N) is 2. The average molecular weight is 205 g/mol. The van der Waals surface area contributed by atoms with Crippen molar-refractivity contribution in [2.24, 2.45) is 5.10 Å². The summed E-state index contributed by atoms with van der Waals surface area (Å²) in [5.74, 6) is -0.166. The molecule has 0 saturated carbocycles. The molecule has 0 bridgehead atoms. The molecule has 0 saturated heterocycles. The third-order valence-electron chi connectivity index (χ3n) is 2.70. The fourth-order valence-electron chi connectivity index (χ4n) is 2.02. The number of amides is 1. The molecule has 6 heteroatoms. The fourth-order valence-corrected chi connectivity index (χ4v) is 2.02. The summed E-state index contributed by atoms with van der Waals surface area (Å²) in [7, 11) is 0. The SMILES string of the molecule is O=C1NN=CCn2nc3c(c21)CNCC3. The molecule has 0 aromatic carbocycles. The lowest BCUT2D eigenvalue weighted by Gasteiger charge is -2.11. The third kappa shape index (κ3) is 1.25. The van der Waals surface area contributed by atoms with Crippen molar-refractivity contribution in [2.75, 3.05) is 6.54 Å². The van der Waals surface area contributed by atoms with E-state index in [1.54, 1.807) is 10.9 Å². The second-order valence-corrected chi connectivity index (χ2v) is 3.64. The molecule has 1 amide bonds. The van der Waals surface area contributed by atoms with Gasteiger partial charge in [-0.3, -0.25) is 9.48 Å². The van der Waals surface area contributed by atoms with Crippen LogP contribution in [-0.4, -0.2) is 28.4 Å². The summed E-state index contributed by atoms with van der Waals surface area (Å²) < 4.78 is 1.73. The molecule has 78 valence electrons. The number of aromatic nitrogens is 2. The van der Waals surface area contributed by atoms with Gasteiger partial charge in [0.05, 0.1) is 12.2 Å². The Morgan fingerprint density at radius 3 is 3.33 bits per heavy atom. The van der Waals surface area contributed by atoms with Crippen LogP contribution < -0.4 is 10.7 Å². The first-order valence-electron chi connectivity index (χ1n) is 4.97. The standard InChI is InChI=1S/C9H11N5O/c15-9-8-6-5-10-2-1-7(6)13-14(8)4-3-11-12-9/h3,10H,1-2,4-5H2,(H,12,15). The molecule has 1 aromatic heterocycles. The first-order chi connectivity index (χ1) is 7.36. The van der Waals surface area contributed by atoms with Crippen LogP contribution in [0.25, 0.3) is 0 Å². The molecule has 2 N–H and O–H groups in total. The van der Waals surface area contributed by atoms with Gasteiger partial charge in [0.15, 0.2) is 0 Å². The van der Waals surface area contributed by atoms with E-state index < -0.39 is 0 Å². The van der Waals surface area contributed by atoms with E-state index in [-0.39, 0.29) is 5.91 Å². The Balaban J connectivity index is 2.16. The molecule has 0 radical (unpaired) electrons. The highest BCUT2D eigenvalue weighted by Crippen LogP contribution is 2.18. The van der Waals surface area contributed by atoms with Gasteiger partial charge in [0.1, 0.15) is 5.69 Å². The Morgan fingerprint density at radius 2 is 2.40 bits per heavy atom. The van der Waals surface area contributed by atoms with Crippen molar-refractivity contribution in [2.45, 2.75) is 19.5 Å². The number of nitrogens with zero attached hydrogens (tertiary/aromatic N) is 3. The monoisotopic (exact) mass is 205 g/mol. The van der Waals surface area contributed by atoms with Gasteiger partial charge in [-0.1, -0.05) is 0 Å². The van der Waals surface area contributed by atoms with Crippen molar-refractivity contribution in [1.82, 2.24) is 20.5 Å². The number of rotatable bonds is 0. The van der Waals surface area contributed by atoms with Gasteiger partial charge < -0.3 is 5.32 Å². The van der Waals surface area contributed by atoms with E-state index in [2.05, 4.69) is 20.9 Å². The van der Waals surface area contributed by atoms with Crippen LogP contribution in [0.2, 0.25) is 0 Å². The maximum atomic E-state index is 11.7. The molecular weight excluding hydrogens is 194 g/mol. The Labute approximate surface area is 86.3 Å². The van der Waals surface area contributed by atoms with Gasteiger partial charge in [0, 0.05) is 31.3 Å². The zero-order valence-electron chi connectivity index (χ0n) is 8.16. The van der Waals surface area contributed by atoms with Gasteiger partial charge in [-0.25, -0.2) is 5.43 Å². The number of hydrogen-bond donors (Lipinski definition) is 2. The van der Waals surface area contributed by atoms with Crippen LogP contribution in [0.5, 0.6) is 0 Å². The number of fused-ring (bicyclic) bond motifs is 3. The Kier molecular flexibility index (Phi) is 1.81. The van der Waals surface area contributed by atoms with E-state index in [9.17, 15) is 4.79 Å². The van der Waals surface area contributed by atoms with Crippen LogP contribution in [-0.2, 0) is 19.5 Å². The lowest BCUT2D eigenvalue weighted by atomic mass is 10.1. The Bertz CT molecular complexity index is 448. The van der Waals surface area contributed by atoms with E-state index in [0.717, 1.165) is 30.8 Å². The molecule has 0 atom stereocenters. The summed E-state index contributed by atoms with van der Waals surface area (Å²) in [6.45, 7) is 2.21. The van der Waals surface area contributed by atoms with E-state index in [1.165, 1.54) is 0 Å². The molecule has 6 nitrogen and oxygen atoms in total. The smallest absolute Gasteiger partial charge is 0.289 e. The fraction of sp³-hybridized carbons (Fsp3) is 0.444. The number of hydrogen-bond acceptors (Lipinski definition) is 4. The zero-order valence-corrected chi connectivity index (χ0v) is 8.16. The summed E-state index contributed by atoms with van der Waals surface area (Å²) in [4.78, 5) is 11.7. The molecule has 2 aliphatic rings. The minimum Gasteiger partial charge on any atom is -0.312 e. The molecule has 3 heterocycles. The van der Waals surface area contributed by atoms with E-state index in [4.69, 9.17) is 0 Å². The summed E-state index contributed by atoms with van der Waals surface area (Å²) in [5, 5.41) is 11.5. The highest BCUT2D eigenvalue weighted by atomic mass is 16.2. The second-order valence-electron chi connectivity index (χ2n) is 3.64. The molecule has 2 aliphatic heterocycles. The lowest BCUT2D eigenvalue weighted by Crippen LogP contribution is -2.26. The van der Waals surface area contributed by atoms with Crippen molar-refractivity contribution in [1.29, 1.82) is 0 Å². The highest BCUT2D eigenvalue weighted by molar-refractivity contribution is 5.95. The van der Waals surface area contributed by atoms with Crippen LogP contribution in [0.3, 0.4) is 0 Å². The topological polar surface area (TPSA) is 71.3 Å². The van der Waals surface area contributed by atoms with Crippen molar-refractivity contribution >= 4 is 12.1 Å². The maximum absolute atomic E-state index is 11.7. The number of carbonyl (C=O) groups is 1. The van der Waals surface area contributed by atoms with Gasteiger partial charge in [0.25, 0.3) is 5.91 Å². The molecular formula is C9H11N5O. The molecule has 0 spiro atoms. The van der Waals surface area contributed by atoms with Crippen LogP contribution >= 0.6 is 0 Å². The van der Waals surface area contributed by atoms with Crippen molar-refractivity contribution in [3.63, 3.8) is 0 Å². The van der Waals surface area contributed by atoms with Crippen LogP contribution in [0.15, 0.2) is 5.10 Å². The maximum Gasteiger partial charge on any atom is 0.289 e. The summed E-state index contributed by atoms with van der Waals surface area (Å²) >= 11 is 0. The second kappa shape index (κ2) is 3.16.